The van der Waals surface area contributed by atoms with Gasteiger partial charge in [-0.15, -0.1) is 0 Å². The molecule has 13 heavy (non-hydrogen) atoms. The lowest BCUT2D eigenvalue weighted by atomic mass is 10.2. The summed E-state index contributed by atoms with van der Waals surface area (Å²) in [6, 6.07) is 1.33. The third-order valence-corrected chi connectivity index (χ3v) is 1.42. The third-order valence-electron chi connectivity index (χ3n) is 1.42. The zero-order valence-corrected chi connectivity index (χ0v) is 6.49. The molecule has 3 nitrogen and oxygen atoms in total. The predicted molar refractivity (Wildman–Crippen MR) is 37.8 cm³/mol. The second-order valence-corrected chi connectivity index (χ2v) is 2.46. The van der Waals surface area contributed by atoms with Crippen LogP contribution in [-0.2, 0) is 6.42 Å². The van der Waals surface area contributed by atoms with Crippen LogP contribution in [0.5, 0.6) is 0 Å². The predicted octanol–water partition coefficient (Wildman–Crippen LogP) is 0.942. The zero-order chi connectivity index (χ0) is 9.90. The van der Waals surface area contributed by atoms with Gasteiger partial charge in [0.05, 0.1) is 0 Å². The third kappa shape index (κ3) is 2.98. The van der Waals surface area contributed by atoms with Gasteiger partial charge in [-0.25, -0.2) is 9.97 Å². The topological polar surface area (TPSA) is 46.0 Å². The molecule has 0 bridgehead atoms. The van der Waals surface area contributed by atoms with E-state index < -0.39 is 18.7 Å². The van der Waals surface area contributed by atoms with Crippen LogP contribution in [0.4, 0.5) is 13.2 Å². The Morgan fingerprint density at radius 1 is 1.46 bits per heavy atom. The largest absolute Gasteiger partial charge is 0.414 e. The SMILES string of the molecule is OC(Cc1ccncn1)C(F)(F)F. The second-order valence-electron chi connectivity index (χ2n) is 2.46. The molecule has 1 aromatic rings. The van der Waals surface area contributed by atoms with E-state index >= 15 is 0 Å². The van der Waals surface area contributed by atoms with Crippen molar-refractivity contribution >= 4 is 0 Å². The summed E-state index contributed by atoms with van der Waals surface area (Å²) >= 11 is 0. The Bertz CT molecular complexity index is 262. The van der Waals surface area contributed by atoms with Crippen molar-refractivity contribution in [1.29, 1.82) is 0 Å². The van der Waals surface area contributed by atoms with Gasteiger partial charge in [0.2, 0.25) is 0 Å². The van der Waals surface area contributed by atoms with Crippen molar-refractivity contribution in [2.75, 3.05) is 0 Å². The summed E-state index contributed by atoms with van der Waals surface area (Å²) < 4.78 is 35.5. The van der Waals surface area contributed by atoms with Gasteiger partial charge in [-0.1, -0.05) is 0 Å². The van der Waals surface area contributed by atoms with Gasteiger partial charge in [0.1, 0.15) is 6.33 Å². The number of hydrogen-bond donors (Lipinski definition) is 1. The summed E-state index contributed by atoms with van der Waals surface area (Å²) in [7, 11) is 0. The minimum absolute atomic E-state index is 0.167. The van der Waals surface area contributed by atoms with Crippen molar-refractivity contribution in [3.05, 3.63) is 24.3 Å². The van der Waals surface area contributed by atoms with Gasteiger partial charge >= 0.3 is 6.18 Å². The molecule has 0 spiro atoms. The first-order chi connectivity index (χ1) is 6.00. The van der Waals surface area contributed by atoms with Crippen LogP contribution >= 0.6 is 0 Å². The van der Waals surface area contributed by atoms with Gasteiger partial charge in [0, 0.05) is 18.3 Å². The molecule has 1 atom stereocenters. The molecule has 0 saturated heterocycles. The molecule has 1 N–H and O–H groups in total. The van der Waals surface area contributed by atoms with E-state index in [1.165, 1.54) is 12.3 Å². The molecule has 0 aromatic carbocycles. The van der Waals surface area contributed by atoms with Crippen LogP contribution in [0.15, 0.2) is 18.6 Å². The standard InChI is InChI=1S/C7H7F3N2O/c8-7(9,10)6(13)3-5-1-2-11-4-12-5/h1-2,4,6,13H,3H2. The summed E-state index contributed by atoms with van der Waals surface area (Å²) in [6.07, 6.45) is -5.02. The Kier molecular flexibility index (Phi) is 2.82. The highest BCUT2D eigenvalue weighted by Crippen LogP contribution is 2.22. The van der Waals surface area contributed by atoms with E-state index in [4.69, 9.17) is 5.11 Å². The first-order valence-corrected chi connectivity index (χ1v) is 3.50. The van der Waals surface area contributed by atoms with E-state index in [9.17, 15) is 13.2 Å². The van der Waals surface area contributed by atoms with Crippen molar-refractivity contribution in [1.82, 2.24) is 9.97 Å². The number of aliphatic hydroxyl groups excluding tert-OH is 1. The van der Waals surface area contributed by atoms with E-state index in [-0.39, 0.29) is 5.69 Å². The molecule has 1 heterocycles. The Morgan fingerprint density at radius 2 is 2.15 bits per heavy atom. The molecular formula is C7H7F3N2O. The van der Waals surface area contributed by atoms with Gasteiger partial charge < -0.3 is 5.11 Å². The summed E-state index contributed by atoms with van der Waals surface area (Å²) in [5.74, 6) is 0. The number of hydrogen-bond acceptors (Lipinski definition) is 3. The molecule has 0 aliphatic heterocycles. The van der Waals surface area contributed by atoms with Crippen LogP contribution < -0.4 is 0 Å². The average molecular weight is 192 g/mol. The monoisotopic (exact) mass is 192 g/mol. The molecule has 0 aliphatic carbocycles. The van der Waals surface area contributed by atoms with Crippen molar-refractivity contribution in [2.45, 2.75) is 18.7 Å². The fourth-order valence-corrected chi connectivity index (χ4v) is 0.753. The Balaban J connectivity index is 2.61. The van der Waals surface area contributed by atoms with E-state index in [2.05, 4.69) is 9.97 Å². The number of halogens is 3. The second kappa shape index (κ2) is 3.69. The van der Waals surface area contributed by atoms with Crippen LogP contribution in [0.25, 0.3) is 0 Å². The lowest BCUT2D eigenvalue weighted by Crippen LogP contribution is -2.30. The quantitative estimate of drug-likeness (QED) is 0.758. The minimum atomic E-state index is -4.59. The van der Waals surface area contributed by atoms with Gasteiger partial charge in [0.15, 0.2) is 6.10 Å². The fourth-order valence-electron chi connectivity index (χ4n) is 0.753. The van der Waals surface area contributed by atoms with Crippen molar-refractivity contribution in [3.63, 3.8) is 0 Å². The normalized spacial score (nSPS) is 14.2. The summed E-state index contributed by atoms with van der Waals surface area (Å²) in [5, 5.41) is 8.65. The van der Waals surface area contributed by atoms with Gasteiger partial charge in [-0.3, -0.25) is 0 Å². The van der Waals surface area contributed by atoms with E-state index in [0.717, 1.165) is 6.33 Å². The van der Waals surface area contributed by atoms with Gasteiger partial charge in [0.25, 0.3) is 0 Å². The summed E-state index contributed by atoms with van der Waals surface area (Å²) in [6.45, 7) is 0. The number of alkyl halides is 3. The van der Waals surface area contributed by atoms with Crippen molar-refractivity contribution in [3.8, 4) is 0 Å². The molecule has 1 aromatic heterocycles. The first kappa shape index (κ1) is 9.91. The first-order valence-electron chi connectivity index (χ1n) is 3.50. The number of aromatic nitrogens is 2. The van der Waals surface area contributed by atoms with Crippen molar-refractivity contribution in [2.24, 2.45) is 0 Å². The molecule has 1 rings (SSSR count). The Hall–Kier alpha value is -1.17. The minimum Gasteiger partial charge on any atom is -0.383 e. The van der Waals surface area contributed by atoms with E-state index in [0.29, 0.717) is 0 Å². The molecule has 72 valence electrons. The molecule has 0 radical (unpaired) electrons. The highest BCUT2D eigenvalue weighted by Gasteiger charge is 2.38. The number of rotatable bonds is 2. The molecule has 0 fully saturated rings. The highest BCUT2D eigenvalue weighted by atomic mass is 19.4. The number of aliphatic hydroxyl groups is 1. The molecule has 0 aliphatic rings. The lowest BCUT2D eigenvalue weighted by molar-refractivity contribution is -0.203. The number of nitrogens with zero attached hydrogens (tertiary/aromatic N) is 2. The summed E-state index contributed by atoms with van der Waals surface area (Å²) in [4.78, 5) is 7.10. The van der Waals surface area contributed by atoms with Crippen LogP contribution in [0.1, 0.15) is 5.69 Å². The van der Waals surface area contributed by atoms with Crippen LogP contribution in [0.2, 0.25) is 0 Å². The highest BCUT2D eigenvalue weighted by molar-refractivity contribution is 5.00. The van der Waals surface area contributed by atoms with E-state index in [1.54, 1.807) is 0 Å². The zero-order valence-electron chi connectivity index (χ0n) is 6.49. The van der Waals surface area contributed by atoms with Gasteiger partial charge in [-0.05, 0) is 6.07 Å². The van der Waals surface area contributed by atoms with E-state index in [1.807, 2.05) is 0 Å². The van der Waals surface area contributed by atoms with Crippen molar-refractivity contribution < 1.29 is 18.3 Å². The maximum absolute atomic E-state index is 11.8. The average Bonchev–Trinajstić information content (AvgIpc) is 2.04. The van der Waals surface area contributed by atoms with Crippen LogP contribution in [-0.4, -0.2) is 27.4 Å². The van der Waals surface area contributed by atoms with Crippen LogP contribution in [0, 0.1) is 0 Å². The molecule has 6 heteroatoms. The Labute approximate surface area is 72.3 Å². The molecule has 1 unspecified atom stereocenters. The van der Waals surface area contributed by atoms with Gasteiger partial charge in [-0.2, -0.15) is 13.2 Å². The molecule has 0 saturated carbocycles. The summed E-state index contributed by atoms with van der Waals surface area (Å²) in [5.41, 5.74) is 0.167. The molecule has 0 amide bonds. The maximum atomic E-state index is 11.8. The smallest absolute Gasteiger partial charge is 0.383 e. The maximum Gasteiger partial charge on any atom is 0.414 e. The fraction of sp³-hybridized carbons (Fsp3) is 0.429. The lowest BCUT2D eigenvalue weighted by Gasteiger charge is -2.13. The van der Waals surface area contributed by atoms with Crippen LogP contribution in [0.3, 0.4) is 0 Å². The Morgan fingerprint density at radius 3 is 2.62 bits per heavy atom. The molecular weight excluding hydrogens is 185 g/mol.